The molecule has 1 aliphatic rings. The van der Waals surface area contributed by atoms with E-state index in [4.69, 9.17) is 18.9 Å². The number of aromatic hydroxyl groups is 1. The predicted molar refractivity (Wildman–Crippen MR) is 97.5 cm³/mol. The van der Waals surface area contributed by atoms with E-state index in [0.717, 1.165) is 0 Å². The van der Waals surface area contributed by atoms with Gasteiger partial charge in [-0.1, -0.05) is 0 Å². The number of methoxy groups -OCH3 is 1. The highest BCUT2D eigenvalue weighted by Gasteiger charge is 2.36. The molecular formula is C18H26N3O7-. The van der Waals surface area contributed by atoms with Crippen molar-refractivity contribution in [1.29, 1.82) is 0 Å². The zero-order valence-electron chi connectivity index (χ0n) is 16.3. The number of pyridine rings is 1. The second kappa shape index (κ2) is 10.2. The molecule has 0 radical (unpaired) electrons. The van der Waals surface area contributed by atoms with Gasteiger partial charge in [0.1, 0.15) is 29.3 Å². The van der Waals surface area contributed by atoms with Crippen molar-refractivity contribution in [3.05, 3.63) is 18.0 Å². The number of carboxylic acid groups (broad SMARTS) is 1. The molecular weight excluding hydrogens is 370 g/mol. The highest BCUT2D eigenvalue weighted by atomic mass is 16.6. The molecule has 10 heteroatoms. The highest BCUT2D eigenvalue weighted by Crippen LogP contribution is 2.28. The Morgan fingerprint density at radius 1 is 1.25 bits per heavy atom. The summed E-state index contributed by atoms with van der Waals surface area (Å²) in [5.74, 6) is -0.784. The summed E-state index contributed by atoms with van der Waals surface area (Å²) in [6, 6.07) is 1.40. The van der Waals surface area contributed by atoms with E-state index in [1.54, 1.807) is 19.1 Å². The molecule has 28 heavy (non-hydrogen) atoms. The molecule has 0 amide bonds. The summed E-state index contributed by atoms with van der Waals surface area (Å²) < 4.78 is 21.0. The Bertz CT molecular complexity index is 698. The van der Waals surface area contributed by atoms with Gasteiger partial charge in [0.2, 0.25) is 0 Å². The first-order valence-electron chi connectivity index (χ1n) is 8.86. The fraction of sp³-hybridized carbons (Fsp3) is 0.611. The van der Waals surface area contributed by atoms with Crippen LogP contribution in [0.5, 0.6) is 11.5 Å². The number of rotatable bonds is 12. The Labute approximate surface area is 163 Å². The zero-order valence-corrected chi connectivity index (χ0v) is 16.3. The van der Waals surface area contributed by atoms with Gasteiger partial charge < -0.3 is 38.9 Å². The molecule has 1 aromatic heterocycles. The number of carboxylic acids is 1. The van der Waals surface area contributed by atoms with E-state index in [1.165, 1.54) is 19.2 Å². The second-order valence-corrected chi connectivity index (χ2v) is 6.46. The minimum Gasteiger partial charge on any atom is -0.547 e. The number of ether oxygens (including phenoxy) is 4. The summed E-state index contributed by atoms with van der Waals surface area (Å²) in [5.41, 5.74) is -1.19. The molecule has 1 aliphatic heterocycles. The van der Waals surface area contributed by atoms with E-state index >= 15 is 0 Å². The summed E-state index contributed by atoms with van der Waals surface area (Å²) in [6.45, 7) is 4.22. The van der Waals surface area contributed by atoms with E-state index in [1.807, 2.05) is 0 Å². The lowest BCUT2D eigenvalue weighted by atomic mass is 10.1. The number of amidine groups is 1. The quantitative estimate of drug-likeness (QED) is 0.445. The fourth-order valence-electron chi connectivity index (χ4n) is 2.60. The van der Waals surface area contributed by atoms with Crippen LogP contribution in [0.3, 0.4) is 0 Å². The zero-order chi connectivity index (χ0) is 20.6. The van der Waals surface area contributed by atoms with Crippen LogP contribution in [0.15, 0.2) is 17.3 Å². The molecule has 0 bridgehead atoms. The molecule has 0 aliphatic carbocycles. The largest absolute Gasteiger partial charge is 0.547 e. The Morgan fingerprint density at radius 3 is 2.46 bits per heavy atom. The smallest absolute Gasteiger partial charge is 0.154 e. The van der Waals surface area contributed by atoms with Gasteiger partial charge in [-0.05, 0) is 6.92 Å². The standard InChI is InChI=1S/C18H27N3O7/c1-18(17(23)24)12-21(2)16(20-18)15-14(22)10-13(11-19-15)28-9-8-27-7-6-26-5-4-25-3/h10-11,22H,4-9,12H2,1-3H3,(H,23,24)/p-1/t18-/m1/s1. The lowest BCUT2D eigenvalue weighted by Gasteiger charge is -2.22. The van der Waals surface area contributed by atoms with Gasteiger partial charge in [-0.25, -0.2) is 4.98 Å². The van der Waals surface area contributed by atoms with Crippen LogP contribution in [0.4, 0.5) is 0 Å². The van der Waals surface area contributed by atoms with Gasteiger partial charge in [0.15, 0.2) is 5.84 Å². The topological polar surface area (TPSA) is 126 Å². The first kappa shape index (κ1) is 21.9. The summed E-state index contributed by atoms with van der Waals surface area (Å²) in [6.07, 6.45) is 1.44. The molecule has 156 valence electrons. The van der Waals surface area contributed by atoms with Gasteiger partial charge in [0.05, 0.1) is 45.2 Å². The van der Waals surface area contributed by atoms with Crippen LogP contribution < -0.4 is 9.84 Å². The van der Waals surface area contributed by atoms with Crippen LogP contribution in [-0.4, -0.2) is 92.7 Å². The maximum Gasteiger partial charge on any atom is 0.154 e. The van der Waals surface area contributed by atoms with Crippen LogP contribution in [-0.2, 0) is 19.0 Å². The number of aliphatic imine (C=N–C) groups is 1. The minimum atomic E-state index is -1.38. The van der Waals surface area contributed by atoms with E-state index < -0.39 is 11.5 Å². The predicted octanol–water partition coefficient (Wildman–Crippen LogP) is -0.954. The normalized spacial score (nSPS) is 19.0. The molecule has 0 aromatic carbocycles. The lowest BCUT2D eigenvalue weighted by Crippen LogP contribution is -2.47. The average molecular weight is 396 g/mol. The van der Waals surface area contributed by atoms with Gasteiger partial charge in [-0.15, -0.1) is 0 Å². The van der Waals surface area contributed by atoms with Crippen LogP contribution in [0.1, 0.15) is 12.6 Å². The van der Waals surface area contributed by atoms with Gasteiger partial charge in [0.25, 0.3) is 0 Å². The Balaban J connectivity index is 1.82. The number of nitrogens with zero attached hydrogens (tertiary/aromatic N) is 3. The first-order valence-corrected chi connectivity index (χ1v) is 8.86. The van der Waals surface area contributed by atoms with Crippen LogP contribution in [0.25, 0.3) is 0 Å². The van der Waals surface area contributed by atoms with Crippen LogP contribution in [0, 0.1) is 0 Å². The lowest BCUT2D eigenvalue weighted by molar-refractivity contribution is -0.312. The summed E-state index contributed by atoms with van der Waals surface area (Å²) in [4.78, 5) is 21.2. The van der Waals surface area contributed by atoms with Gasteiger partial charge >= 0.3 is 0 Å². The number of carbonyl (C=O) groups is 1. The van der Waals surface area contributed by atoms with E-state index in [-0.39, 0.29) is 30.4 Å². The molecule has 1 N–H and O–H groups in total. The number of aromatic nitrogens is 1. The molecule has 0 unspecified atom stereocenters. The first-order chi connectivity index (χ1) is 13.4. The van der Waals surface area contributed by atoms with Crippen molar-refractivity contribution in [1.82, 2.24) is 9.88 Å². The minimum absolute atomic E-state index is 0.135. The molecule has 10 nitrogen and oxygen atoms in total. The Kier molecular flexibility index (Phi) is 7.97. The SMILES string of the molecule is COCCOCCOCCOc1cnc(C2=N[C@@](C)(C(=O)[O-])CN2C)c(O)c1. The summed E-state index contributed by atoms with van der Waals surface area (Å²) in [5, 5.41) is 21.5. The highest BCUT2D eigenvalue weighted by molar-refractivity contribution is 6.03. The second-order valence-electron chi connectivity index (χ2n) is 6.46. The van der Waals surface area contributed by atoms with Crippen molar-refractivity contribution in [3.63, 3.8) is 0 Å². The monoisotopic (exact) mass is 396 g/mol. The van der Waals surface area contributed by atoms with Gasteiger partial charge in [0, 0.05) is 26.8 Å². The average Bonchev–Trinajstić information content (AvgIpc) is 2.96. The van der Waals surface area contributed by atoms with Crippen molar-refractivity contribution >= 4 is 11.8 Å². The van der Waals surface area contributed by atoms with E-state index in [0.29, 0.717) is 38.8 Å². The van der Waals surface area contributed by atoms with Crippen molar-refractivity contribution in [2.24, 2.45) is 4.99 Å². The van der Waals surface area contributed by atoms with Crippen molar-refractivity contribution in [2.45, 2.75) is 12.5 Å². The molecule has 0 saturated carbocycles. The van der Waals surface area contributed by atoms with Gasteiger partial charge in [-0.2, -0.15) is 0 Å². The summed E-state index contributed by atoms with van der Waals surface area (Å²) in [7, 11) is 3.29. The number of aliphatic carboxylic acids is 1. The molecule has 1 atom stereocenters. The number of likely N-dealkylation sites (N-methyl/N-ethyl adjacent to an activating group) is 1. The van der Waals surface area contributed by atoms with Crippen LogP contribution in [0.2, 0.25) is 0 Å². The third-order valence-electron chi connectivity index (χ3n) is 4.05. The third kappa shape index (κ3) is 5.78. The molecule has 0 spiro atoms. The van der Waals surface area contributed by atoms with Crippen molar-refractivity contribution in [2.75, 3.05) is 60.3 Å². The van der Waals surface area contributed by atoms with Crippen molar-refractivity contribution < 1.29 is 34.0 Å². The van der Waals surface area contributed by atoms with Crippen molar-refractivity contribution in [3.8, 4) is 11.5 Å². The summed E-state index contributed by atoms with van der Waals surface area (Å²) >= 11 is 0. The number of hydrogen-bond donors (Lipinski definition) is 1. The fourth-order valence-corrected chi connectivity index (χ4v) is 2.60. The Hall–Kier alpha value is -2.43. The number of hydrogen-bond acceptors (Lipinski definition) is 10. The van der Waals surface area contributed by atoms with Crippen LogP contribution >= 0.6 is 0 Å². The maximum absolute atomic E-state index is 11.3. The third-order valence-corrected chi connectivity index (χ3v) is 4.05. The van der Waals surface area contributed by atoms with E-state index in [9.17, 15) is 15.0 Å². The molecule has 2 rings (SSSR count). The Morgan fingerprint density at radius 2 is 1.89 bits per heavy atom. The van der Waals surface area contributed by atoms with E-state index in [2.05, 4.69) is 9.98 Å². The molecule has 1 aromatic rings. The molecule has 2 heterocycles. The maximum atomic E-state index is 11.3. The molecule has 0 fully saturated rings. The number of carbonyl (C=O) groups excluding carboxylic acids is 1. The molecule has 0 saturated heterocycles. The van der Waals surface area contributed by atoms with Gasteiger partial charge in [-0.3, -0.25) is 4.99 Å².